The molecule has 1 aliphatic rings. The van der Waals surface area contributed by atoms with Crippen molar-refractivity contribution < 1.29 is 4.79 Å². The zero-order chi connectivity index (χ0) is 14.8. The highest BCUT2D eigenvalue weighted by atomic mass is 32.2. The van der Waals surface area contributed by atoms with Gasteiger partial charge >= 0.3 is 0 Å². The molecular formula is C16H13N3OS. The number of hydrogen-bond donors (Lipinski definition) is 0. The second kappa shape index (κ2) is 5.58. The Morgan fingerprint density at radius 1 is 1.33 bits per heavy atom. The molecule has 1 aromatic heterocycles. The standard InChI is InChI=1S/C16H13N3OS/c1-11-15-14(8-7-12(9-20)16(15)21-10-17)19(18-11)13-5-3-2-4-6-13/h2-6,9H,7-8H2,1H3. The minimum Gasteiger partial charge on any atom is -0.298 e. The van der Waals surface area contributed by atoms with Crippen LogP contribution in [0.2, 0.25) is 0 Å². The topological polar surface area (TPSA) is 58.7 Å². The van der Waals surface area contributed by atoms with Crippen molar-refractivity contribution in [1.29, 1.82) is 5.26 Å². The summed E-state index contributed by atoms with van der Waals surface area (Å²) in [5.41, 5.74) is 4.56. The lowest BCUT2D eigenvalue weighted by Crippen LogP contribution is -2.08. The summed E-state index contributed by atoms with van der Waals surface area (Å²) < 4.78 is 1.92. The number of nitrogens with zero attached hydrogens (tertiary/aromatic N) is 3. The summed E-state index contributed by atoms with van der Waals surface area (Å²) in [6, 6.07) is 9.91. The minimum absolute atomic E-state index is 0.651. The van der Waals surface area contributed by atoms with Crippen molar-refractivity contribution >= 4 is 23.0 Å². The molecule has 3 rings (SSSR count). The predicted octanol–water partition coefficient (Wildman–Crippen LogP) is 3.25. The summed E-state index contributed by atoms with van der Waals surface area (Å²) in [6.45, 7) is 1.92. The van der Waals surface area contributed by atoms with Gasteiger partial charge < -0.3 is 0 Å². The Balaban J connectivity index is 2.21. The molecule has 0 saturated heterocycles. The van der Waals surface area contributed by atoms with Crippen molar-refractivity contribution in [3.63, 3.8) is 0 Å². The molecule has 0 aliphatic heterocycles. The predicted molar refractivity (Wildman–Crippen MR) is 82.8 cm³/mol. The van der Waals surface area contributed by atoms with Crippen molar-refractivity contribution in [2.45, 2.75) is 19.8 Å². The summed E-state index contributed by atoms with van der Waals surface area (Å²) in [5, 5.41) is 15.7. The number of nitriles is 1. The number of aromatic nitrogens is 2. The van der Waals surface area contributed by atoms with Gasteiger partial charge in [-0.3, -0.25) is 4.79 Å². The third-order valence-corrected chi connectivity index (χ3v) is 4.36. The fourth-order valence-corrected chi connectivity index (χ4v) is 3.43. The maximum absolute atomic E-state index is 11.2. The molecular weight excluding hydrogens is 282 g/mol. The third-order valence-electron chi connectivity index (χ3n) is 3.60. The van der Waals surface area contributed by atoms with E-state index in [4.69, 9.17) is 5.26 Å². The van der Waals surface area contributed by atoms with Crippen molar-refractivity contribution in [2.75, 3.05) is 0 Å². The normalized spacial score (nSPS) is 13.7. The molecule has 1 heterocycles. The number of hydrogen-bond acceptors (Lipinski definition) is 4. The number of benzene rings is 1. The van der Waals surface area contributed by atoms with Crippen LogP contribution in [-0.2, 0) is 11.2 Å². The highest BCUT2D eigenvalue weighted by molar-refractivity contribution is 8.12. The van der Waals surface area contributed by atoms with Gasteiger partial charge in [-0.2, -0.15) is 10.4 Å². The highest BCUT2D eigenvalue weighted by Gasteiger charge is 2.26. The average Bonchev–Trinajstić information content (AvgIpc) is 2.86. The van der Waals surface area contributed by atoms with E-state index in [1.807, 2.05) is 41.9 Å². The van der Waals surface area contributed by atoms with Crippen molar-refractivity contribution in [3.05, 3.63) is 52.9 Å². The molecule has 1 aliphatic carbocycles. The van der Waals surface area contributed by atoms with Crippen molar-refractivity contribution in [3.8, 4) is 11.1 Å². The first-order valence-corrected chi connectivity index (χ1v) is 7.46. The molecule has 0 saturated carbocycles. The van der Waals surface area contributed by atoms with E-state index in [1.54, 1.807) is 0 Å². The van der Waals surface area contributed by atoms with Crippen LogP contribution in [0.15, 0.2) is 35.9 Å². The fourth-order valence-electron chi connectivity index (χ4n) is 2.69. The van der Waals surface area contributed by atoms with Crippen LogP contribution in [0, 0.1) is 17.6 Å². The second-order valence-corrected chi connectivity index (χ2v) is 5.61. The molecule has 2 aromatic rings. The summed E-state index contributed by atoms with van der Waals surface area (Å²) in [7, 11) is 0. The molecule has 0 spiro atoms. The molecule has 0 atom stereocenters. The summed E-state index contributed by atoms with van der Waals surface area (Å²) >= 11 is 1.05. The van der Waals surface area contributed by atoms with Crippen LogP contribution in [-0.4, -0.2) is 16.1 Å². The highest BCUT2D eigenvalue weighted by Crippen LogP contribution is 2.40. The van der Waals surface area contributed by atoms with Crippen LogP contribution in [0.3, 0.4) is 0 Å². The lowest BCUT2D eigenvalue weighted by Gasteiger charge is -2.17. The van der Waals surface area contributed by atoms with Gasteiger partial charge in [-0.1, -0.05) is 18.2 Å². The van der Waals surface area contributed by atoms with Gasteiger partial charge in [0.1, 0.15) is 11.7 Å². The quantitative estimate of drug-likeness (QED) is 0.644. The van der Waals surface area contributed by atoms with E-state index in [-0.39, 0.29) is 0 Å². The largest absolute Gasteiger partial charge is 0.298 e. The van der Waals surface area contributed by atoms with Crippen LogP contribution in [0.1, 0.15) is 23.4 Å². The van der Waals surface area contributed by atoms with E-state index in [2.05, 4.69) is 10.5 Å². The number of carbonyl (C=O) groups is 1. The molecule has 104 valence electrons. The Bertz CT molecular complexity index is 769. The maximum Gasteiger partial charge on any atom is 0.147 e. The summed E-state index contributed by atoms with van der Waals surface area (Å²) in [4.78, 5) is 12.0. The molecule has 0 unspecified atom stereocenters. The van der Waals surface area contributed by atoms with Crippen LogP contribution in [0.25, 0.3) is 10.6 Å². The first-order chi connectivity index (χ1) is 10.3. The van der Waals surface area contributed by atoms with Gasteiger partial charge in [-0.15, -0.1) is 0 Å². The van der Waals surface area contributed by atoms with E-state index in [1.165, 1.54) is 0 Å². The first kappa shape index (κ1) is 13.7. The van der Waals surface area contributed by atoms with Crippen LogP contribution in [0.5, 0.6) is 0 Å². The zero-order valence-corrected chi connectivity index (χ0v) is 12.4. The lowest BCUT2D eigenvalue weighted by molar-refractivity contribution is -0.105. The number of allylic oxidation sites excluding steroid dienone is 1. The van der Waals surface area contributed by atoms with Crippen molar-refractivity contribution in [2.24, 2.45) is 0 Å². The molecule has 0 amide bonds. The summed E-state index contributed by atoms with van der Waals surface area (Å²) in [5.74, 6) is 0. The Labute approximate surface area is 127 Å². The molecule has 21 heavy (non-hydrogen) atoms. The number of aldehydes is 1. The smallest absolute Gasteiger partial charge is 0.147 e. The number of fused-ring (bicyclic) bond motifs is 1. The molecule has 0 radical (unpaired) electrons. The van der Waals surface area contributed by atoms with Crippen molar-refractivity contribution in [1.82, 2.24) is 9.78 Å². The Kier molecular flexibility index (Phi) is 3.63. The average molecular weight is 295 g/mol. The first-order valence-electron chi connectivity index (χ1n) is 6.64. The van der Waals surface area contributed by atoms with E-state index < -0.39 is 0 Å². The van der Waals surface area contributed by atoms with Gasteiger partial charge in [0.2, 0.25) is 0 Å². The van der Waals surface area contributed by atoms with Gasteiger partial charge in [0.15, 0.2) is 0 Å². The molecule has 0 fully saturated rings. The minimum atomic E-state index is 0.651. The number of thioether (sulfide) groups is 1. The van der Waals surface area contributed by atoms with Gasteiger partial charge in [0.05, 0.1) is 17.1 Å². The maximum atomic E-state index is 11.2. The van der Waals surface area contributed by atoms with Gasteiger partial charge in [-0.05, 0) is 43.7 Å². The number of thiocyanates is 1. The number of carbonyl (C=O) groups excluding carboxylic acids is 1. The third kappa shape index (κ3) is 2.28. The molecule has 1 aromatic carbocycles. The van der Waals surface area contributed by atoms with Crippen LogP contribution in [0.4, 0.5) is 0 Å². The monoisotopic (exact) mass is 295 g/mol. The van der Waals surface area contributed by atoms with E-state index >= 15 is 0 Å². The number of aryl methyl sites for hydroxylation is 1. The van der Waals surface area contributed by atoms with E-state index in [0.29, 0.717) is 12.0 Å². The van der Waals surface area contributed by atoms with E-state index in [0.717, 1.165) is 52.0 Å². The molecule has 0 N–H and O–H groups in total. The molecule has 4 nitrogen and oxygen atoms in total. The van der Waals surface area contributed by atoms with Gasteiger partial charge in [-0.25, -0.2) is 4.68 Å². The SMILES string of the molecule is Cc1nn(-c2ccccc2)c2c1C(SC#N)=C(C=O)CC2. The summed E-state index contributed by atoms with van der Waals surface area (Å²) in [6.07, 6.45) is 2.27. The fraction of sp³-hybridized carbons (Fsp3) is 0.188. The second-order valence-electron chi connectivity index (χ2n) is 4.82. The number of rotatable bonds is 3. The Morgan fingerprint density at radius 2 is 2.10 bits per heavy atom. The number of para-hydroxylation sites is 1. The molecule has 5 heteroatoms. The Morgan fingerprint density at radius 3 is 2.76 bits per heavy atom. The lowest BCUT2D eigenvalue weighted by atomic mass is 9.96. The molecule has 0 bridgehead atoms. The Hall–Kier alpha value is -2.32. The zero-order valence-electron chi connectivity index (χ0n) is 11.5. The van der Waals surface area contributed by atoms with Gasteiger partial charge in [0, 0.05) is 16.0 Å². The van der Waals surface area contributed by atoms with Gasteiger partial charge in [0.25, 0.3) is 0 Å². The van der Waals surface area contributed by atoms with E-state index in [9.17, 15) is 4.79 Å². The van der Waals surface area contributed by atoms with Crippen LogP contribution >= 0.6 is 11.8 Å². The van der Waals surface area contributed by atoms with Crippen LogP contribution < -0.4 is 0 Å².